The third-order valence-electron chi connectivity index (χ3n) is 2.57. The molecule has 9 heteroatoms. The van der Waals surface area contributed by atoms with Gasteiger partial charge in [0.2, 0.25) is 10.0 Å². The Bertz CT molecular complexity index is 653. The minimum absolute atomic E-state index is 0.106. The van der Waals surface area contributed by atoms with Crippen molar-refractivity contribution in [2.45, 2.75) is 25.7 Å². The monoisotopic (exact) mass is 319 g/mol. The van der Waals surface area contributed by atoms with Crippen molar-refractivity contribution in [3.63, 3.8) is 0 Å². The summed E-state index contributed by atoms with van der Waals surface area (Å²) < 4.78 is 40.7. The number of nitro benzene ring substituents is 1. The van der Waals surface area contributed by atoms with E-state index in [1.807, 2.05) is 20.8 Å². The van der Waals surface area contributed by atoms with Gasteiger partial charge in [0, 0.05) is 19.7 Å². The molecule has 0 aromatic heterocycles. The molecule has 0 spiro atoms. The van der Waals surface area contributed by atoms with Gasteiger partial charge in [-0.15, -0.1) is 0 Å². The number of anilines is 1. The number of nitrogens with zero attached hydrogens (tertiary/aromatic N) is 1. The highest BCUT2D eigenvalue weighted by atomic mass is 32.2. The molecule has 1 aromatic carbocycles. The molecule has 2 N–H and O–H groups in total. The molecule has 0 amide bonds. The zero-order chi connectivity index (χ0) is 16.4. The van der Waals surface area contributed by atoms with Crippen molar-refractivity contribution in [3.05, 3.63) is 28.1 Å². The lowest BCUT2D eigenvalue weighted by molar-refractivity contribution is -0.385. The average molecular weight is 319 g/mol. The first-order valence-corrected chi connectivity index (χ1v) is 7.61. The Balaban J connectivity index is 3.32. The van der Waals surface area contributed by atoms with Crippen LogP contribution in [0.4, 0.5) is 15.8 Å². The third kappa shape index (κ3) is 4.36. The Morgan fingerprint density at radius 3 is 2.33 bits per heavy atom. The second kappa shape index (κ2) is 5.94. The Kier molecular flexibility index (Phi) is 4.90. The summed E-state index contributed by atoms with van der Waals surface area (Å²) in [7, 11) is -2.76. The molecule has 1 aromatic rings. The van der Waals surface area contributed by atoms with E-state index in [1.54, 1.807) is 0 Å². The van der Waals surface area contributed by atoms with Crippen LogP contribution in [0.5, 0.6) is 0 Å². The summed E-state index contributed by atoms with van der Waals surface area (Å²) in [5.74, 6) is -1.17. The summed E-state index contributed by atoms with van der Waals surface area (Å²) in [4.78, 5) is 9.27. The van der Waals surface area contributed by atoms with Crippen molar-refractivity contribution >= 4 is 21.4 Å². The first-order chi connectivity index (χ1) is 9.48. The van der Waals surface area contributed by atoms with Crippen molar-refractivity contribution in [2.24, 2.45) is 5.41 Å². The number of benzene rings is 1. The third-order valence-corrected chi connectivity index (χ3v) is 4.05. The topological polar surface area (TPSA) is 101 Å². The molecule has 7 nitrogen and oxygen atoms in total. The first kappa shape index (κ1) is 17.3. The van der Waals surface area contributed by atoms with Crippen LogP contribution in [0.2, 0.25) is 0 Å². The van der Waals surface area contributed by atoms with Crippen LogP contribution in [0, 0.1) is 21.3 Å². The van der Waals surface area contributed by atoms with Crippen molar-refractivity contribution in [2.75, 3.05) is 18.9 Å². The normalized spacial score (nSPS) is 12.2. The summed E-state index contributed by atoms with van der Waals surface area (Å²) in [5, 5.41) is 13.2. The number of non-ortho nitro benzene ring substituents is 1. The molecule has 0 fully saturated rings. The van der Waals surface area contributed by atoms with E-state index in [9.17, 15) is 22.9 Å². The van der Waals surface area contributed by atoms with Gasteiger partial charge in [-0.05, 0) is 5.41 Å². The molecule has 0 heterocycles. The van der Waals surface area contributed by atoms with Crippen LogP contribution in [0.15, 0.2) is 17.0 Å². The summed E-state index contributed by atoms with van der Waals surface area (Å²) in [5.41, 5.74) is -1.01. The fourth-order valence-electron chi connectivity index (χ4n) is 1.53. The minimum atomic E-state index is -4.12. The van der Waals surface area contributed by atoms with E-state index in [2.05, 4.69) is 10.0 Å². The Labute approximate surface area is 122 Å². The van der Waals surface area contributed by atoms with Gasteiger partial charge >= 0.3 is 0 Å². The lowest BCUT2D eigenvalue weighted by atomic mass is 9.98. The zero-order valence-electron chi connectivity index (χ0n) is 12.2. The van der Waals surface area contributed by atoms with Crippen LogP contribution in [0.25, 0.3) is 0 Å². The zero-order valence-corrected chi connectivity index (χ0v) is 13.0. The molecule has 0 aliphatic heterocycles. The molecular weight excluding hydrogens is 301 g/mol. The summed E-state index contributed by atoms with van der Waals surface area (Å²) in [6, 6.07) is 1.57. The lowest BCUT2D eigenvalue weighted by Gasteiger charge is -2.19. The lowest BCUT2D eigenvalue weighted by Crippen LogP contribution is -2.33. The van der Waals surface area contributed by atoms with Crippen molar-refractivity contribution in [1.82, 2.24) is 4.72 Å². The molecule has 0 saturated heterocycles. The highest BCUT2D eigenvalue weighted by Gasteiger charge is 2.27. The molecule has 0 aliphatic rings. The molecule has 118 valence electrons. The fourth-order valence-corrected chi connectivity index (χ4v) is 3.06. The summed E-state index contributed by atoms with van der Waals surface area (Å²) in [6.07, 6.45) is 0. The van der Waals surface area contributed by atoms with Crippen LogP contribution < -0.4 is 10.0 Å². The number of rotatable bonds is 5. The van der Waals surface area contributed by atoms with E-state index in [0.29, 0.717) is 6.07 Å². The fraction of sp³-hybridized carbons (Fsp3) is 0.500. The number of halogens is 1. The first-order valence-electron chi connectivity index (χ1n) is 6.13. The van der Waals surface area contributed by atoms with Crippen LogP contribution >= 0.6 is 0 Å². The number of sulfonamides is 1. The molecule has 0 bridgehead atoms. The van der Waals surface area contributed by atoms with Gasteiger partial charge in [0.05, 0.1) is 16.7 Å². The summed E-state index contributed by atoms with van der Waals surface area (Å²) >= 11 is 0. The van der Waals surface area contributed by atoms with E-state index < -0.39 is 31.3 Å². The molecular formula is C12H18FN3O4S. The predicted octanol–water partition coefficient (Wildman–Crippen LogP) is 2.10. The number of hydrogen-bond acceptors (Lipinski definition) is 5. The van der Waals surface area contributed by atoms with E-state index in [-0.39, 0.29) is 17.6 Å². The molecule has 0 radical (unpaired) electrons. The quantitative estimate of drug-likeness (QED) is 0.639. The summed E-state index contributed by atoms with van der Waals surface area (Å²) in [6.45, 7) is 5.57. The van der Waals surface area contributed by atoms with E-state index in [1.165, 1.54) is 7.05 Å². The predicted molar refractivity (Wildman–Crippen MR) is 77.2 cm³/mol. The highest BCUT2D eigenvalue weighted by Crippen LogP contribution is 2.29. The maximum absolute atomic E-state index is 14.0. The second-order valence-electron chi connectivity index (χ2n) is 5.70. The maximum Gasteiger partial charge on any atom is 0.274 e. The molecule has 0 saturated carbocycles. The van der Waals surface area contributed by atoms with Crippen molar-refractivity contribution in [1.29, 1.82) is 0 Å². The van der Waals surface area contributed by atoms with E-state index >= 15 is 0 Å². The van der Waals surface area contributed by atoms with Gasteiger partial charge in [0.25, 0.3) is 5.69 Å². The smallest absolute Gasteiger partial charge is 0.274 e. The van der Waals surface area contributed by atoms with E-state index in [4.69, 9.17) is 0 Å². The van der Waals surface area contributed by atoms with Crippen LogP contribution in [0.1, 0.15) is 20.8 Å². The number of nitro groups is 1. The Morgan fingerprint density at radius 2 is 1.90 bits per heavy atom. The van der Waals surface area contributed by atoms with Crippen molar-refractivity contribution < 1.29 is 17.7 Å². The van der Waals surface area contributed by atoms with E-state index in [0.717, 1.165) is 6.07 Å². The molecule has 0 atom stereocenters. The Hall–Kier alpha value is -1.74. The standard InChI is InChI=1S/C12H18FN3O4S/c1-12(2,3)7-15-21(19,20)11-9(13)5-8(16(17)18)6-10(11)14-4/h5-6,14-15H,7H2,1-4H3. The van der Waals surface area contributed by atoms with Gasteiger partial charge in [-0.1, -0.05) is 20.8 Å². The van der Waals surface area contributed by atoms with Crippen LogP contribution in [-0.4, -0.2) is 26.9 Å². The van der Waals surface area contributed by atoms with Crippen molar-refractivity contribution in [3.8, 4) is 0 Å². The van der Waals surface area contributed by atoms with Gasteiger partial charge in [-0.3, -0.25) is 10.1 Å². The van der Waals surface area contributed by atoms with Gasteiger partial charge in [-0.25, -0.2) is 17.5 Å². The van der Waals surface area contributed by atoms with Gasteiger partial charge in [-0.2, -0.15) is 0 Å². The second-order valence-corrected chi connectivity index (χ2v) is 7.40. The molecule has 1 rings (SSSR count). The van der Waals surface area contributed by atoms with Crippen LogP contribution in [-0.2, 0) is 10.0 Å². The van der Waals surface area contributed by atoms with Gasteiger partial charge in [0.1, 0.15) is 4.90 Å². The molecule has 21 heavy (non-hydrogen) atoms. The SMILES string of the molecule is CNc1cc([N+](=O)[O-])cc(F)c1S(=O)(=O)NCC(C)(C)C. The highest BCUT2D eigenvalue weighted by molar-refractivity contribution is 7.89. The van der Waals surface area contributed by atoms with Gasteiger partial charge in [0.15, 0.2) is 5.82 Å². The van der Waals surface area contributed by atoms with Crippen LogP contribution in [0.3, 0.4) is 0 Å². The number of hydrogen-bond donors (Lipinski definition) is 2. The number of nitrogens with one attached hydrogen (secondary N) is 2. The molecule has 0 unspecified atom stereocenters. The largest absolute Gasteiger partial charge is 0.387 e. The minimum Gasteiger partial charge on any atom is -0.387 e. The average Bonchev–Trinajstić information content (AvgIpc) is 2.34. The van der Waals surface area contributed by atoms with Gasteiger partial charge < -0.3 is 5.32 Å². The maximum atomic E-state index is 14.0. The Morgan fingerprint density at radius 1 is 1.33 bits per heavy atom. The molecule has 0 aliphatic carbocycles.